The Balaban J connectivity index is 3.46. The summed E-state index contributed by atoms with van der Waals surface area (Å²) in [5, 5.41) is 8.56. The first-order chi connectivity index (χ1) is 7.02. The number of pyridine rings is 1. The van der Waals surface area contributed by atoms with Gasteiger partial charge < -0.3 is 0 Å². The van der Waals surface area contributed by atoms with E-state index in [4.69, 9.17) is 5.26 Å². The molecule has 0 N–H and O–H groups in total. The molecule has 6 heteroatoms. The summed E-state index contributed by atoms with van der Waals surface area (Å²) in [5.74, 6) is -7.92. The van der Waals surface area contributed by atoms with Gasteiger partial charge in [-0.1, -0.05) is 6.92 Å². The zero-order chi connectivity index (χ0) is 11.6. The van der Waals surface area contributed by atoms with Crippen LogP contribution in [0.2, 0.25) is 0 Å². The Morgan fingerprint density at radius 3 is 2.00 bits per heavy atom. The van der Waals surface area contributed by atoms with Gasteiger partial charge in [0.2, 0.25) is 0 Å². The first-order valence-corrected chi connectivity index (χ1v) is 4.12. The predicted molar refractivity (Wildman–Crippen MR) is 42.7 cm³/mol. The molecule has 15 heavy (non-hydrogen) atoms. The van der Waals surface area contributed by atoms with Crippen LogP contribution in [-0.2, 0) is 0 Å². The largest absolute Gasteiger partial charge is 0.252 e. The van der Waals surface area contributed by atoms with Crippen molar-refractivity contribution in [3.63, 3.8) is 0 Å². The van der Waals surface area contributed by atoms with E-state index in [0.717, 1.165) is 0 Å². The monoisotopic (exact) mass is 218 g/mol. The van der Waals surface area contributed by atoms with Crippen molar-refractivity contribution in [3.8, 4) is 6.07 Å². The van der Waals surface area contributed by atoms with Crippen LogP contribution in [0.1, 0.15) is 24.8 Å². The van der Waals surface area contributed by atoms with Gasteiger partial charge in [0.25, 0.3) is 11.9 Å². The molecule has 1 unspecified atom stereocenters. The third kappa shape index (κ3) is 1.91. The van der Waals surface area contributed by atoms with Crippen molar-refractivity contribution < 1.29 is 17.6 Å². The second-order valence-electron chi connectivity index (χ2n) is 2.82. The molecule has 1 atom stereocenters. The third-order valence-corrected chi connectivity index (χ3v) is 1.94. The van der Waals surface area contributed by atoms with Gasteiger partial charge in [0.15, 0.2) is 11.6 Å². The zero-order valence-corrected chi connectivity index (χ0v) is 7.69. The number of aromatic nitrogens is 1. The van der Waals surface area contributed by atoms with Crippen molar-refractivity contribution in [1.82, 2.24) is 4.98 Å². The summed E-state index contributed by atoms with van der Waals surface area (Å²) in [6.07, 6.45) is 0.0488. The van der Waals surface area contributed by atoms with Crippen LogP contribution in [0.15, 0.2) is 0 Å². The molecule has 0 saturated carbocycles. The Morgan fingerprint density at radius 1 is 1.20 bits per heavy atom. The second-order valence-corrected chi connectivity index (χ2v) is 2.82. The Hall–Kier alpha value is -1.64. The fourth-order valence-corrected chi connectivity index (χ4v) is 1.17. The van der Waals surface area contributed by atoms with E-state index in [2.05, 4.69) is 4.98 Å². The number of nitriles is 1. The molecule has 1 rings (SSSR count). The molecular weight excluding hydrogens is 212 g/mol. The van der Waals surface area contributed by atoms with E-state index in [-0.39, 0.29) is 6.42 Å². The summed E-state index contributed by atoms with van der Waals surface area (Å²) in [6.45, 7) is 1.48. The number of rotatable bonds is 2. The maximum atomic E-state index is 13.1. The van der Waals surface area contributed by atoms with Crippen molar-refractivity contribution in [2.75, 3.05) is 0 Å². The molecule has 0 radical (unpaired) electrons. The minimum absolute atomic E-state index is 0.0488. The number of hydrogen-bond acceptors (Lipinski definition) is 2. The lowest BCUT2D eigenvalue weighted by Crippen LogP contribution is -2.09. The van der Waals surface area contributed by atoms with E-state index in [1.54, 1.807) is 6.07 Å². The molecular formula is C9H6F4N2. The van der Waals surface area contributed by atoms with Crippen LogP contribution in [0.4, 0.5) is 17.6 Å². The lowest BCUT2D eigenvalue weighted by Gasteiger charge is -2.09. The summed E-state index contributed by atoms with van der Waals surface area (Å²) in [6, 6.07) is 1.56. The van der Waals surface area contributed by atoms with Crippen molar-refractivity contribution in [2.24, 2.45) is 0 Å². The van der Waals surface area contributed by atoms with E-state index >= 15 is 0 Å². The quantitative estimate of drug-likeness (QED) is 0.565. The van der Waals surface area contributed by atoms with Crippen LogP contribution < -0.4 is 0 Å². The fourth-order valence-electron chi connectivity index (χ4n) is 1.17. The SMILES string of the molecule is CCC(C#N)c1c(F)c(F)nc(F)c1F. The van der Waals surface area contributed by atoms with Crippen molar-refractivity contribution in [2.45, 2.75) is 19.3 Å². The lowest BCUT2D eigenvalue weighted by molar-refractivity contribution is 0.391. The Kier molecular flexibility index (Phi) is 3.24. The molecule has 0 aliphatic heterocycles. The molecule has 0 bridgehead atoms. The topological polar surface area (TPSA) is 36.7 Å². The van der Waals surface area contributed by atoms with Gasteiger partial charge in [-0.25, -0.2) is 8.78 Å². The number of nitrogens with zero attached hydrogens (tertiary/aromatic N) is 2. The molecule has 0 aliphatic rings. The van der Waals surface area contributed by atoms with Gasteiger partial charge >= 0.3 is 0 Å². The van der Waals surface area contributed by atoms with Crippen molar-refractivity contribution >= 4 is 0 Å². The Morgan fingerprint density at radius 2 is 1.67 bits per heavy atom. The van der Waals surface area contributed by atoms with Crippen LogP contribution in [0.25, 0.3) is 0 Å². The van der Waals surface area contributed by atoms with Gasteiger partial charge in [0.1, 0.15) is 0 Å². The maximum absolute atomic E-state index is 13.1. The third-order valence-electron chi connectivity index (χ3n) is 1.94. The number of hydrogen-bond donors (Lipinski definition) is 0. The maximum Gasteiger partial charge on any atom is 0.252 e. The average molecular weight is 218 g/mol. The van der Waals surface area contributed by atoms with Crippen LogP contribution >= 0.6 is 0 Å². The standard InChI is InChI=1S/C9H6F4N2/c1-2-4(3-14)5-6(10)8(12)15-9(13)7(5)11/h4H,2H2,1H3. The van der Waals surface area contributed by atoms with Crippen LogP contribution in [0, 0.1) is 34.9 Å². The van der Waals surface area contributed by atoms with Crippen molar-refractivity contribution in [3.05, 3.63) is 29.1 Å². The zero-order valence-electron chi connectivity index (χ0n) is 7.69. The highest BCUT2D eigenvalue weighted by Gasteiger charge is 2.26. The summed E-state index contributed by atoms with van der Waals surface area (Å²) >= 11 is 0. The van der Waals surface area contributed by atoms with Gasteiger partial charge in [-0.3, -0.25) is 0 Å². The predicted octanol–water partition coefficient (Wildman–Crippen LogP) is 2.66. The average Bonchev–Trinajstić information content (AvgIpc) is 2.21. The van der Waals surface area contributed by atoms with Gasteiger partial charge in [0, 0.05) is 0 Å². The molecule has 2 nitrogen and oxygen atoms in total. The fraction of sp³-hybridized carbons (Fsp3) is 0.333. The Bertz CT molecular complexity index is 399. The van der Waals surface area contributed by atoms with Crippen LogP contribution in [-0.4, -0.2) is 4.98 Å². The number of halogens is 4. The summed E-state index contributed by atoms with van der Waals surface area (Å²) in [7, 11) is 0. The van der Waals surface area contributed by atoms with E-state index in [1.165, 1.54) is 6.92 Å². The lowest BCUT2D eigenvalue weighted by atomic mass is 9.98. The summed E-state index contributed by atoms with van der Waals surface area (Å²) in [4.78, 5) is 2.39. The summed E-state index contributed by atoms with van der Waals surface area (Å²) in [5.41, 5.74) is -0.898. The van der Waals surface area contributed by atoms with E-state index in [9.17, 15) is 17.6 Å². The van der Waals surface area contributed by atoms with Gasteiger partial charge in [-0.15, -0.1) is 0 Å². The van der Waals surface area contributed by atoms with Gasteiger partial charge in [-0.2, -0.15) is 19.0 Å². The molecule has 0 amide bonds. The Labute approximate surface area is 83.2 Å². The highest BCUT2D eigenvalue weighted by atomic mass is 19.2. The van der Waals surface area contributed by atoms with Crippen molar-refractivity contribution in [1.29, 1.82) is 5.26 Å². The van der Waals surface area contributed by atoms with Crippen LogP contribution in [0.3, 0.4) is 0 Å². The van der Waals surface area contributed by atoms with Gasteiger partial charge in [0.05, 0.1) is 17.6 Å². The molecule has 0 fully saturated rings. The molecule has 0 saturated heterocycles. The van der Waals surface area contributed by atoms with E-state index in [1.807, 2.05) is 0 Å². The molecule has 1 aromatic rings. The molecule has 1 heterocycles. The minimum atomic E-state index is -1.74. The summed E-state index contributed by atoms with van der Waals surface area (Å²) < 4.78 is 51.4. The first-order valence-electron chi connectivity index (χ1n) is 4.12. The molecule has 0 spiro atoms. The van der Waals surface area contributed by atoms with E-state index in [0.29, 0.717) is 0 Å². The minimum Gasteiger partial charge on any atom is -0.201 e. The molecule has 0 aromatic carbocycles. The smallest absolute Gasteiger partial charge is 0.201 e. The molecule has 80 valence electrons. The first kappa shape index (κ1) is 11.4. The highest BCUT2D eigenvalue weighted by molar-refractivity contribution is 5.26. The molecule has 1 aromatic heterocycles. The normalized spacial score (nSPS) is 12.3. The van der Waals surface area contributed by atoms with Gasteiger partial charge in [-0.05, 0) is 6.42 Å². The van der Waals surface area contributed by atoms with Crippen LogP contribution in [0.5, 0.6) is 0 Å². The second kappa shape index (κ2) is 4.26. The molecule has 0 aliphatic carbocycles. The van der Waals surface area contributed by atoms with E-state index < -0.39 is 35.0 Å². The highest BCUT2D eigenvalue weighted by Crippen LogP contribution is 2.26.